The Bertz CT molecular complexity index is 364. The molecule has 0 fully saturated rings. The standard InChI is InChI=1S/C15H29N3O/c1-6-9-16-13(15(4,7-2)19-8-3)12-14-17-10-11-18(14)5/h10-11,13,16H,6-9,12H2,1-5H3. The summed E-state index contributed by atoms with van der Waals surface area (Å²) in [5.74, 6) is 1.10. The van der Waals surface area contributed by atoms with Gasteiger partial charge in [0.05, 0.1) is 5.60 Å². The summed E-state index contributed by atoms with van der Waals surface area (Å²) >= 11 is 0. The molecule has 0 aliphatic heterocycles. The van der Waals surface area contributed by atoms with Gasteiger partial charge < -0.3 is 14.6 Å². The van der Waals surface area contributed by atoms with Crippen molar-refractivity contribution >= 4 is 0 Å². The predicted octanol–water partition coefficient (Wildman–Crippen LogP) is 2.54. The molecule has 0 aliphatic rings. The van der Waals surface area contributed by atoms with E-state index in [9.17, 15) is 0 Å². The van der Waals surface area contributed by atoms with Gasteiger partial charge in [0.1, 0.15) is 5.82 Å². The highest BCUT2D eigenvalue weighted by molar-refractivity contribution is 5.00. The lowest BCUT2D eigenvalue weighted by atomic mass is 9.90. The van der Waals surface area contributed by atoms with Gasteiger partial charge in [-0.15, -0.1) is 0 Å². The number of aromatic nitrogens is 2. The fraction of sp³-hybridized carbons (Fsp3) is 0.800. The van der Waals surface area contributed by atoms with Crippen LogP contribution in [0.15, 0.2) is 12.4 Å². The first-order chi connectivity index (χ1) is 9.07. The summed E-state index contributed by atoms with van der Waals surface area (Å²) in [6.07, 6.45) is 6.87. The number of hydrogen-bond acceptors (Lipinski definition) is 3. The van der Waals surface area contributed by atoms with E-state index in [-0.39, 0.29) is 5.60 Å². The number of aryl methyl sites for hydroxylation is 1. The highest BCUT2D eigenvalue weighted by atomic mass is 16.5. The van der Waals surface area contributed by atoms with Crippen molar-refractivity contribution in [3.63, 3.8) is 0 Å². The first-order valence-electron chi connectivity index (χ1n) is 7.40. The lowest BCUT2D eigenvalue weighted by molar-refractivity contribution is -0.0554. The molecule has 110 valence electrons. The van der Waals surface area contributed by atoms with E-state index >= 15 is 0 Å². The van der Waals surface area contributed by atoms with Crippen LogP contribution in [-0.2, 0) is 18.2 Å². The van der Waals surface area contributed by atoms with Gasteiger partial charge in [-0.3, -0.25) is 0 Å². The normalized spacial score (nSPS) is 16.3. The van der Waals surface area contributed by atoms with Crippen molar-refractivity contribution in [1.29, 1.82) is 0 Å². The molecule has 0 radical (unpaired) electrons. The number of nitrogens with zero attached hydrogens (tertiary/aromatic N) is 2. The summed E-state index contributed by atoms with van der Waals surface area (Å²) in [5, 5.41) is 3.63. The van der Waals surface area contributed by atoms with Gasteiger partial charge in [0.2, 0.25) is 0 Å². The molecule has 1 heterocycles. The van der Waals surface area contributed by atoms with Crippen LogP contribution in [0.5, 0.6) is 0 Å². The van der Waals surface area contributed by atoms with Crippen LogP contribution in [0.25, 0.3) is 0 Å². The summed E-state index contributed by atoms with van der Waals surface area (Å²) in [6, 6.07) is 0.290. The van der Waals surface area contributed by atoms with Gasteiger partial charge in [-0.05, 0) is 33.2 Å². The highest BCUT2D eigenvalue weighted by Crippen LogP contribution is 2.23. The molecule has 19 heavy (non-hydrogen) atoms. The van der Waals surface area contributed by atoms with Gasteiger partial charge in [0.25, 0.3) is 0 Å². The molecule has 1 aromatic rings. The number of ether oxygens (including phenoxy) is 1. The van der Waals surface area contributed by atoms with Crippen molar-refractivity contribution < 1.29 is 4.74 Å². The Kier molecular flexibility index (Phi) is 6.52. The van der Waals surface area contributed by atoms with Crippen LogP contribution in [0.2, 0.25) is 0 Å². The van der Waals surface area contributed by atoms with E-state index < -0.39 is 0 Å². The molecule has 0 aromatic carbocycles. The van der Waals surface area contributed by atoms with Crippen LogP contribution in [0.3, 0.4) is 0 Å². The topological polar surface area (TPSA) is 39.1 Å². The Morgan fingerprint density at radius 1 is 1.42 bits per heavy atom. The lowest BCUT2D eigenvalue weighted by Gasteiger charge is -2.37. The molecule has 0 spiro atoms. The third kappa shape index (κ3) is 4.32. The number of imidazole rings is 1. The third-order valence-corrected chi connectivity index (χ3v) is 3.86. The van der Waals surface area contributed by atoms with Crippen LogP contribution in [0.4, 0.5) is 0 Å². The molecule has 0 bridgehead atoms. The van der Waals surface area contributed by atoms with Gasteiger partial charge in [-0.2, -0.15) is 0 Å². The monoisotopic (exact) mass is 267 g/mol. The average Bonchev–Trinajstić information content (AvgIpc) is 2.80. The van der Waals surface area contributed by atoms with E-state index in [1.165, 1.54) is 0 Å². The molecular formula is C15H29N3O. The number of rotatable bonds is 9. The second kappa shape index (κ2) is 7.65. The van der Waals surface area contributed by atoms with E-state index in [1.807, 2.05) is 19.4 Å². The third-order valence-electron chi connectivity index (χ3n) is 3.86. The van der Waals surface area contributed by atoms with Crippen LogP contribution < -0.4 is 5.32 Å². The Hall–Kier alpha value is -0.870. The molecule has 0 amide bonds. The molecule has 4 heteroatoms. The maximum Gasteiger partial charge on any atom is 0.110 e. The molecule has 1 aromatic heterocycles. The summed E-state index contributed by atoms with van der Waals surface area (Å²) in [6.45, 7) is 10.4. The smallest absolute Gasteiger partial charge is 0.110 e. The van der Waals surface area contributed by atoms with Crippen molar-refractivity contribution in [2.24, 2.45) is 7.05 Å². The van der Waals surface area contributed by atoms with E-state index in [0.29, 0.717) is 6.04 Å². The zero-order valence-corrected chi connectivity index (χ0v) is 13.1. The SMILES string of the molecule is CCCNC(Cc1nccn1C)C(C)(CC)OCC. The summed E-state index contributed by atoms with van der Waals surface area (Å²) in [5.41, 5.74) is -0.143. The summed E-state index contributed by atoms with van der Waals surface area (Å²) in [4.78, 5) is 4.44. The van der Waals surface area contributed by atoms with Gasteiger partial charge >= 0.3 is 0 Å². The maximum atomic E-state index is 6.03. The van der Waals surface area contributed by atoms with Gasteiger partial charge in [-0.25, -0.2) is 4.98 Å². The first kappa shape index (κ1) is 16.2. The summed E-state index contributed by atoms with van der Waals surface area (Å²) in [7, 11) is 2.04. The lowest BCUT2D eigenvalue weighted by Crippen LogP contribution is -2.52. The molecule has 0 saturated heterocycles. The van der Waals surface area contributed by atoms with Crippen molar-refractivity contribution in [1.82, 2.24) is 14.9 Å². The molecule has 1 rings (SSSR count). The van der Waals surface area contributed by atoms with Crippen molar-refractivity contribution in [3.05, 3.63) is 18.2 Å². The van der Waals surface area contributed by atoms with Crippen LogP contribution in [0, 0.1) is 0 Å². The zero-order valence-electron chi connectivity index (χ0n) is 13.1. The quantitative estimate of drug-likeness (QED) is 0.747. The number of hydrogen-bond donors (Lipinski definition) is 1. The highest BCUT2D eigenvalue weighted by Gasteiger charge is 2.33. The van der Waals surface area contributed by atoms with Crippen LogP contribution in [0.1, 0.15) is 46.4 Å². The second-order valence-corrected chi connectivity index (χ2v) is 5.26. The van der Waals surface area contributed by atoms with E-state index in [4.69, 9.17) is 4.74 Å². The fourth-order valence-corrected chi connectivity index (χ4v) is 2.38. The maximum absolute atomic E-state index is 6.03. The van der Waals surface area contributed by atoms with Gasteiger partial charge in [0, 0.05) is 38.5 Å². The molecule has 4 nitrogen and oxygen atoms in total. The van der Waals surface area contributed by atoms with Crippen molar-refractivity contribution in [3.8, 4) is 0 Å². The van der Waals surface area contributed by atoms with Crippen molar-refractivity contribution in [2.45, 2.75) is 58.6 Å². The van der Waals surface area contributed by atoms with Crippen molar-refractivity contribution in [2.75, 3.05) is 13.2 Å². The fourth-order valence-electron chi connectivity index (χ4n) is 2.38. The van der Waals surface area contributed by atoms with Gasteiger partial charge in [0.15, 0.2) is 0 Å². The minimum Gasteiger partial charge on any atom is -0.374 e. The predicted molar refractivity (Wildman–Crippen MR) is 79.3 cm³/mol. The minimum absolute atomic E-state index is 0.143. The molecule has 2 atom stereocenters. The number of nitrogens with one attached hydrogen (secondary N) is 1. The molecule has 0 saturated carbocycles. The largest absolute Gasteiger partial charge is 0.374 e. The van der Waals surface area contributed by atoms with E-state index in [2.05, 4.69) is 42.6 Å². The second-order valence-electron chi connectivity index (χ2n) is 5.26. The average molecular weight is 267 g/mol. The Morgan fingerprint density at radius 3 is 2.63 bits per heavy atom. The molecular weight excluding hydrogens is 238 g/mol. The molecule has 1 N–H and O–H groups in total. The summed E-state index contributed by atoms with van der Waals surface area (Å²) < 4.78 is 8.11. The zero-order chi connectivity index (χ0) is 14.3. The van der Waals surface area contributed by atoms with Crippen LogP contribution in [-0.4, -0.2) is 34.3 Å². The minimum atomic E-state index is -0.143. The van der Waals surface area contributed by atoms with E-state index in [0.717, 1.165) is 38.2 Å². The van der Waals surface area contributed by atoms with Gasteiger partial charge in [-0.1, -0.05) is 13.8 Å². The Morgan fingerprint density at radius 2 is 2.16 bits per heavy atom. The first-order valence-corrected chi connectivity index (χ1v) is 7.40. The molecule has 0 aliphatic carbocycles. The van der Waals surface area contributed by atoms with E-state index in [1.54, 1.807) is 0 Å². The molecule has 2 unspecified atom stereocenters. The van der Waals surface area contributed by atoms with Crippen LogP contribution >= 0.6 is 0 Å². The Balaban J connectivity index is 2.83. The Labute approximate surface area is 117 Å².